The average molecular weight is 308 g/mol. The van der Waals surface area contributed by atoms with Crippen LogP contribution in [0.2, 0.25) is 5.02 Å². The van der Waals surface area contributed by atoms with Crippen molar-refractivity contribution in [2.75, 3.05) is 29.5 Å². The number of carbonyl (C=O) groups is 1. The number of nitrogens with two attached hydrogens (primary N) is 1. The molecule has 0 radical (unpaired) electrons. The van der Waals surface area contributed by atoms with Crippen LogP contribution in [0.15, 0.2) is 42.5 Å². The maximum atomic E-state index is 12.9. The zero-order valence-corrected chi connectivity index (χ0v) is 12.2. The summed E-state index contributed by atoms with van der Waals surface area (Å²) in [6.45, 7) is 0.133. The van der Waals surface area contributed by atoms with E-state index in [4.69, 9.17) is 17.3 Å². The van der Waals surface area contributed by atoms with Crippen LogP contribution in [0.3, 0.4) is 0 Å². The molecule has 0 saturated carbocycles. The molecule has 6 heteroatoms. The zero-order chi connectivity index (χ0) is 15.4. The molecule has 0 fully saturated rings. The van der Waals surface area contributed by atoms with Crippen molar-refractivity contribution in [1.29, 1.82) is 0 Å². The average Bonchev–Trinajstić information content (AvgIpc) is 2.43. The van der Waals surface area contributed by atoms with Crippen LogP contribution < -0.4 is 16.0 Å². The summed E-state index contributed by atoms with van der Waals surface area (Å²) in [6.07, 6.45) is 0. The molecule has 21 heavy (non-hydrogen) atoms. The Bertz CT molecular complexity index is 646. The Balaban J connectivity index is 1.97. The van der Waals surface area contributed by atoms with E-state index in [-0.39, 0.29) is 18.3 Å². The van der Waals surface area contributed by atoms with E-state index >= 15 is 0 Å². The van der Waals surface area contributed by atoms with Crippen LogP contribution in [0.5, 0.6) is 0 Å². The number of nitrogen functional groups attached to an aromatic ring is 1. The summed E-state index contributed by atoms with van der Waals surface area (Å²) in [5.74, 6) is -0.517. The number of rotatable bonds is 4. The zero-order valence-electron chi connectivity index (χ0n) is 11.4. The van der Waals surface area contributed by atoms with Gasteiger partial charge in [-0.15, -0.1) is 0 Å². The molecule has 2 rings (SSSR count). The molecule has 3 N–H and O–H groups in total. The standard InChI is InChI=1S/C15H15ClFN3O/c1-20(12-5-2-10(17)3-6-12)9-15(21)19-11-4-7-13(16)14(18)8-11/h2-8H,9,18H2,1H3,(H,19,21). The Hall–Kier alpha value is -2.27. The summed E-state index contributed by atoms with van der Waals surface area (Å²) in [6, 6.07) is 10.8. The lowest BCUT2D eigenvalue weighted by Gasteiger charge is -2.18. The Morgan fingerprint density at radius 2 is 1.95 bits per heavy atom. The van der Waals surface area contributed by atoms with Crippen molar-refractivity contribution in [2.24, 2.45) is 0 Å². The Labute approximate surface area is 127 Å². The Morgan fingerprint density at radius 1 is 1.29 bits per heavy atom. The SMILES string of the molecule is CN(CC(=O)Nc1ccc(Cl)c(N)c1)c1ccc(F)cc1. The van der Waals surface area contributed by atoms with Gasteiger partial charge in [0.1, 0.15) is 5.82 Å². The number of hydrogen-bond donors (Lipinski definition) is 2. The van der Waals surface area contributed by atoms with Crippen LogP contribution in [0.4, 0.5) is 21.5 Å². The topological polar surface area (TPSA) is 58.4 Å². The van der Waals surface area contributed by atoms with Gasteiger partial charge in [0.05, 0.1) is 17.3 Å². The first-order valence-electron chi connectivity index (χ1n) is 6.27. The van der Waals surface area contributed by atoms with E-state index in [0.717, 1.165) is 5.69 Å². The van der Waals surface area contributed by atoms with Gasteiger partial charge in [-0.2, -0.15) is 0 Å². The molecular weight excluding hydrogens is 293 g/mol. The number of halogens is 2. The van der Waals surface area contributed by atoms with Crippen LogP contribution in [0, 0.1) is 5.82 Å². The molecule has 2 aromatic rings. The van der Waals surface area contributed by atoms with Gasteiger partial charge in [0.15, 0.2) is 0 Å². The number of amides is 1. The molecule has 0 aromatic heterocycles. The number of benzene rings is 2. The van der Waals surface area contributed by atoms with Crippen molar-refractivity contribution in [1.82, 2.24) is 0 Å². The smallest absolute Gasteiger partial charge is 0.243 e. The van der Waals surface area contributed by atoms with Crippen LogP contribution >= 0.6 is 11.6 Å². The predicted molar refractivity (Wildman–Crippen MR) is 84.2 cm³/mol. The molecule has 0 aliphatic carbocycles. The van der Waals surface area contributed by atoms with Gasteiger partial charge >= 0.3 is 0 Å². The molecule has 1 amide bonds. The summed E-state index contributed by atoms with van der Waals surface area (Å²) >= 11 is 5.82. The third kappa shape index (κ3) is 4.10. The van der Waals surface area contributed by atoms with Crippen molar-refractivity contribution in [3.63, 3.8) is 0 Å². The quantitative estimate of drug-likeness (QED) is 0.853. The molecule has 0 atom stereocenters. The Kier molecular flexibility index (Phi) is 4.65. The van der Waals surface area contributed by atoms with Crippen molar-refractivity contribution in [3.05, 3.63) is 53.3 Å². The van der Waals surface area contributed by atoms with E-state index in [9.17, 15) is 9.18 Å². The maximum absolute atomic E-state index is 12.9. The van der Waals surface area contributed by atoms with Gasteiger partial charge in [0.2, 0.25) is 5.91 Å². The molecule has 0 bridgehead atoms. The minimum absolute atomic E-state index is 0.133. The number of nitrogens with one attached hydrogen (secondary N) is 1. The van der Waals surface area contributed by atoms with Crippen LogP contribution in [-0.4, -0.2) is 19.5 Å². The van der Waals surface area contributed by atoms with E-state index in [1.165, 1.54) is 12.1 Å². The third-order valence-corrected chi connectivity index (χ3v) is 3.27. The van der Waals surface area contributed by atoms with Gasteiger partial charge in [-0.1, -0.05) is 11.6 Å². The molecule has 2 aromatic carbocycles. The third-order valence-electron chi connectivity index (χ3n) is 2.93. The predicted octanol–water partition coefficient (Wildman–Crippen LogP) is 3.14. The van der Waals surface area contributed by atoms with Gasteiger partial charge in [-0.25, -0.2) is 4.39 Å². The molecular formula is C15H15ClFN3O. The van der Waals surface area contributed by atoms with E-state index < -0.39 is 0 Å². The lowest BCUT2D eigenvalue weighted by Crippen LogP contribution is -2.30. The highest BCUT2D eigenvalue weighted by molar-refractivity contribution is 6.33. The molecule has 0 unspecified atom stereocenters. The van der Waals surface area contributed by atoms with Crippen molar-refractivity contribution in [3.8, 4) is 0 Å². The van der Waals surface area contributed by atoms with Crippen molar-refractivity contribution < 1.29 is 9.18 Å². The molecule has 0 spiro atoms. The summed E-state index contributed by atoms with van der Waals surface area (Å²) in [7, 11) is 1.75. The first kappa shape index (κ1) is 15.1. The van der Waals surface area contributed by atoms with E-state index in [0.29, 0.717) is 16.4 Å². The summed E-state index contributed by atoms with van der Waals surface area (Å²) in [4.78, 5) is 13.7. The van der Waals surface area contributed by atoms with Crippen molar-refractivity contribution >= 4 is 34.6 Å². The lowest BCUT2D eigenvalue weighted by atomic mass is 10.2. The first-order valence-corrected chi connectivity index (χ1v) is 6.65. The summed E-state index contributed by atoms with van der Waals surface area (Å²) in [5, 5.41) is 3.17. The van der Waals surface area contributed by atoms with Crippen LogP contribution in [-0.2, 0) is 4.79 Å². The fourth-order valence-electron chi connectivity index (χ4n) is 1.82. The first-order chi connectivity index (χ1) is 9.95. The molecule has 0 saturated heterocycles. The number of nitrogens with zero attached hydrogens (tertiary/aromatic N) is 1. The second kappa shape index (κ2) is 6.45. The molecule has 0 heterocycles. The highest BCUT2D eigenvalue weighted by Gasteiger charge is 2.08. The minimum Gasteiger partial charge on any atom is -0.397 e. The number of hydrogen-bond acceptors (Lipinski definition) is 3. The second-order valence-electron chi connectivity index (χ2n) is 4.62. The van der Waals surface area contributed by atoms with Gasteiger partial charge in [-0.05, 0) is 42.5 Å². The Morgan fingerprint density at radius 3 is 2.57 bits per heavy atom. The second-order valence-corrected chi connectivity index (χ2v) is 5.02. The largest absolute Gasteiger partial charge is 0.397 e. The lowest BCUT2D eigenvalue weighted by molar-refractivity contribution is -0.114. The fraction of sp³-hybridized carbons (Fsp3) is 0.133. The number of carbonyl (C=O) groups excluding carboxylic acids is 1. The summed E-state index contributed by atoms with van der Waals surface area (Å²) < 4.78 is 12.9. The van der Waals surface area contributed by atoms with E-state index in [1.54, 1.807) is 42.3 Å². The fourth-order valence-corrected chi connectivity index (χ4v) is 1.94. The molecule has 110 valence electrons. The van der Waals surface area contributed by atoms with E-state index in [2.05, 4.69) is 5.32 Å². The monoisotopic (exact) mass is 307 g/mol. The highest BCUT2D eigenvalue weighted by atomic mass is 35.5. The van der Waals surface area contributed by atoms with Gasteiger partial charge < -0.3 is 16.0 Å². The molecule has 0 aliphatic heterocycles. The normalized spacial score (nSPS) is 10.2. The van der Waals surface area contributed by atoms with E-state index in [1.807, 2.05) is 0 Å². The maximum Gasteiger partial charge on any atom is 0.243 e. The van der Waals surface area contributed by atoms with Gasteiger partial charge in [0, 0.05) is 18.4 Å². The van der Waals surface area contributed by atoms with Gasteiger partial charge in [0.25, 0.3) is 0 Å². The van der Waals surface area contributed by atoms with Crippen LogP contribution in [0.1, 0.15) is 0 Å². The highest BCUT2D eigenvalue weighted by Crippen LogP contribution is 2.22. The minimum atomic E-state index is -0.312. The van der Waals surface area contributed by atoms with Gasteiger partial charge in [-0.3, -0.25) is 4.79 Å². The summed E-state index contributed by atoms with van der Waals surface area (Å²) in [5.41, 5.74) is 7.41. The number of likely N-dealkylation sites (N-methyl/N-ethyl adjacent to an activating group) is 1. The molecule has 0 aliphatic rings. The van der Waals surface area contributed by atoms with Crippen LogP contribution in [0.25, 0.3) is 0 Å². The number of anilines is 3. The molecule has 4 nitrogen and oxygen atoms in total. The van der Waals surface area contributed by atoms with Crippen molar-refractivity contribution in [2.45, 2.75) is 0 Å².